The summed E-state index contributed by atoms with van der Waals surface area (Å²) in [6.45, 7) is 12.6. The van der Waals surface area contributed by atoms with Gasteiger partial charge in [-0.3, -0.25) is 14.4 Å². The van der Waals surface area contributed by atoms with Crippen LogP contribution in [0, 0.1) is 57.7 Å². The topological polar surface area (TPSA) is 204 Å². The number of hydrogen-bond donors (Lipinski definition) is 4. The smallest absolute Gasteiger partial charge is 0.343 e. The molecule has 2 aliphatic heterocycles. The number of rotatable bonds is 3. The molecule has 0 aromatic carbocycles. The van der Waals surface area contributed by atoms with Crippen molar-refractivity contribution in [1.82, 2.24) is 0 Å². The van der Waals surface area contributed by atoms with Crippen LogP contribution in [0.5, 0.6) is 0 Å². The summed E-state index contributed by atoms with van der Waals surface area (Å²) in [5, 5.41) is 36.8. The zero-order valence-corrected chi connectivity index (χ0v) is 28.0. The summed E-state index contributed by atoms with van der Waals surface area (Å²) in [6, 6.07) is -0.840. The second-order valence-corrected chi connectivity index (χ2v) is 16.1. The number of hydrogen-bond acceptors (Lipinski definition) is 13. The summed E-state index contributed by atoms with van der Waals surface area (Å²) >= 11 is 0. The molecule has 13 nitrogen and oxygen atoms in total. The molecule has 0 radical (unpaired) electrons. The Balaban J connectivity index is 1.49. The molecule has 7 aliphatic rings. The number of aliphatic hydroxyl groups is 3. The third-order valence-electron chi connectivity index (χ3n) is 14.1. The summed E-state index contributed by atoms with van der Waals surface area (Å²) < 4.78 is 30.0. The molecular weight excluding hydrogens is 614 g/mol. The van der Waals surface area contributed by atoms with Crippen LogP contribution in [0.2, 0.25) is 0 Å². The first-order valence-corrected chi connectivity index (χ1v) is 16.7. The van der Waals surface area contributed by atoms with E-state index >= 15 is 0 Å². The van der Waals surface area contributed by atoms with Gasteiger partial charge in [-0.1, -0.05) is 20.8 Å². The van der Waals surface area contributed by atoms with E-state index in [1.54, 1.807) is 13.0 Å². The standard InChI is InChI=1S/C34H47NO12/c1-11-9-17-33(7,34(8,42)30(41)47-17)22-19(11)32(6)20(25(22)40)18-21(27(43-12(2)36)29(32)45-14(4)38)31(5)15(23(35)24(18)39)10-16-26(46-16)28(31)44-13(3)37/h9,11,15-16,18-29,39-40,42H,10,35H2,1-8H3/t11-,15-,16+,18+,19+,20-,21-,22+,23?,24-,25-,26+,27+,28+,29+,31+,32-,33+,34-/m1/s1. The molecule has 2 saturated heterocycles. The third-order valence-corrected chi connectivity index (χ3v) is 14.1. The van der Waals surface area contributed by atoms with Crippen LogP contribution in [0.15, 0.2) is 11.8 Å². The molecular formula is C34H47NO12. The summed E-state index contributed by atoms with van der Waals surface area (Å²) in [5.41, 5.74) is 1.30. The van der Waals surface area contributed by atoms with E-state index in [9.17, 15) is 34.5 Å². The molecule has 5 N–H and O–H groups in total. The third kappa shape index (κ3) is 3.89. The van der Waals surface area contributed by atoms with E-state index in [0.29, 0.717) is 6.42 Å². The maximum atomic E-state index is 13.1. The van der Waals surface area contributed by atoms with Crippen molar-refractivity contribution in [1.29, 1.82) is 0 Å². The average Bonchev–Trinajstić information content (AvgIpc) is 3.65. The highest BCUT2D eigenvalue weighted by Crippen LogP contribution is 2.75. The van der Waals surface area contributed by atoms with Crippen molar-refractivity contribution in [2.24, 2.45) is 63.4 Å². The first-order chi connectivity index (χ1) is 21.7. The van der Waals surface area contributed by atoms with Crippen LogP contribution in [-0.4, -0.2) is 93.6 Å². The predicted octanol–water partition coefficient (Wildman–Crippen LogP) is 0.600. The van der Waals surface area contributed by atoms with Crippen LogP contribution >= 0.6 is 0 Å². The second-order valence-electron chi connectivity index (χ2n) is 16.1. The summed E-state index contributed by atoms with van der Waals surface area (Å²) in [6.07, 6.45) is -4.05. The molecule has 0 bridgehead atoms. The largest absolute Gasteiger partial charge is 0.459 e. The number of epoxide rings is 1. The Hall–Kier alpha value is -2.58. The molecule has 0 aromatic rings. The number of allylic oxidation sites excluding steroid dienone is 1. The molecule has 2 heterocycles. The molecule has 6 fully saturated rings. The number of fused-ring (bicyclic) bond motifs is 10. The van der Waals surface area contributed by atoms with E-state index in [1.165, 1.54) is 27.7 Å². The van der Waals surface area contributed by atoms with E-state index in [4.69, 9.17) is 29.4 Å². The molecule has 1 unspecified atom stereocenters. The van der Waals surface area contributed by atoms with Gasteiger partial charge >= 0.3 is 23.9 Å². The number of aliphatic hydroxyl groups excluding tert-OH is 2. The van der Waals surface area contributed by atoms with Crippen LogP contribution in [-0.2, 0) is 42.9 Å². The monoisotopic (exact) mass is 661 g/mol. The lowest BCUT2D eigenvalue weighted by Crippen LogP contribution is -2.76. The van der Waals surface area contributed by atoms with Crippen molar-refractivity contribution in [3.63, 3.8) is 0 Å². The van der Waals surface area contributed by atoms with E-state index < -0.39 is 124 Å². The first-order valence-electron chi connectivity index (χ1n) is 16.7. The zero-order chi connectivity index (χ0) is 34.5. The van der Waals surface area contributed by atoms with E-state index in [1.807, 2.05) is 20.8 Å². The number of carbonyl (C=O) groups excluding carboxylic acids is 4. The maximum absolute atomic E-state index is 13.1. The average molecular weight is 662 g/mol. The Bertz CT molecular complexity index is 1460. The highest BCUT2D eigenvalue weighted by molar-refractivity contribution is 5.85. The van der Waals surface area contributed by atoms with Gasteiger partial charge in [0.15, 0.2) is 5.60 Å². The Morgan fingerprint density at radius 3 is 2.06 bits per heavy atom. The van der Waals surface area contributed by atoms with Crippen molar-refractivity contribution in [3.05, 3.63) is 11.8 Å². The minimum atomic E-state index is -2.01. The van der Waals surface area contributed by atoms with Gasteiger partial charge in [0.2, 0.25) is 0 Å². The van der Waals surface area contributed by atoms with Crippen molar-refractivity contribution >= 4 is 23.9 Å². The van der Waals surface area contributed by atoms with E-state index in [-0.39, 0.29) is 17.8 Å². The first kappa shape index (κ1) is 32.9. The fraction of sp³-hybridized carbons (Fsp3) is 0.824. The number of ether oxygens (including phenoxy) is 5. The normalized spacial score (nSPS) is 56.6. The van der Waals surface area contributed by atoms with Gasteiger partial charge in [0, 0.05) is 55.4 Å². The number of carbonyl (C=O) groups is 4. The lowest BCUT2D eigenvalue weighted by Gasteiger charge is -2.67. The molecule has 47 heavy (non-hydrogen) atoms. The lowest BCUT2D eigenvalue weighted by atomic mass is 9.40. The van der Waals surface area contributed by atoms with Gasteiger partial charge in [0.1, 0.15) is 30.2 Å². The van der Waals surface area contributed by atoms with Crippen molar-refractivity contribution in [2.45, 2.75) is 116 Å². The predicted molar refractivity (Wildman–Crippen MR) is 159 cm³/mol. The molecule has 0 amide bonds. The molecule has 0 aromatic heterocycles. The fourth-order valence-corrected chi connectivity index (χ4v) is 12.3. The molecule has 13 heteroatoms. The van der Waals surface area contributed by atoms with Crippen LogP contribution < -0.4 is 5.73 Å². The SMILES string of the molecule is CC(=O)O[C@H]1[C@H]2[C@H]([C@@H]3[C@@H](O)[C@@H]4[C@H]([C@H](C)C=C5OC(=O)[C@@](C)(O)[C@@]54C)[C@@]3(C)[C@H]1OC(C)=O)[C@@H](O)C(N)[C@H]1C[C@@H]3O[C@@H]3[C@H](OC(C)=O)[C@]21C. The molecule has 0 spiro atoms. The van der Waals surface area contributed by atoms with Gasteiger partial charge in [-0.05, 0) is 50.0 Å². The summed E-state index contributed by atoms with van der Waals surface area (Å²) in [4.78, 5) is 51.6. The van der Waals surface area contributed by atoms with Gasteiger partial charge in [-0.25, -0.2) is 4.79 Å². The maximum Gasteiger partial charge on any atom is 0.343 e. The van der Waals surface area contributed by atoms with Gasteiger partial charge in [-0.15, -0.1) is 0 Å². The van der Waals surface area contributed by atoms with E-state index in [0.717, 1.165) is 0 Å². The number of nitrogens with two attached hydrogens (primary N) is 1. The van der Waals surface area contributed by atoms with Crippen molar-refractivity contribution in [2.75, 3.05) is 0 Å². The Kier molecular flexibility index (Phi) is 7.00. The van der Waals surface area contributed by atoms with Crippen LogP contribution in [0.4, 0.5) is 0 Å². The Morgan fingerprint density at radius 2 is 1.47 bits per heavy atom. The van der Waals surface area contributed by atoms with Crippen LogP contribution in [0.1, 0.15) is 61.8 Å². The summed E-state index contributed by atoms with van der Waals surface area (Å²) in [7, 11) is 0. The molecule has 7 rings (SSSR count). The van der Waals surface area contributed by atoms with Gasteiger partial charge < -0.3 is 44.7 Å². The minimum absolute atomic E-state index is 0.232. The van der Waals surface area contributed by atoms with E-state index in [2.05, 4.69) is 0 Å². The molecule has 4 saturated carbocycles. The number of esters is 4. The highest BCUT2D eigenvalue weighted by atomic mass is 16.6. The zero-order valence-electron chi connectivity index (χ0n) is 28.0. The van der Waals surface area contributed by atoms with Crippen molar-refractivity contribution < 1.29 is 58.2 Å². The summed E-state index contributed by atoms with van der Waals surface area (Å²) in [5.74, 6) is -7.12. The van der Waals surface area contributed by atoms with Gasteiger partial charge in [0.25, 0.3) is 0 Å². The Morgan fingerprint density at radius 1 is 0.872 bits per heavy atom. The second kappa shape index (κ2) is 9.99. The highest BCUT2D eigenvalue weighted by Gasteiger charge is 2.82. The quantitative estimate of drug-likeness (QED) is 0.186. The molecule has 5 aliphatic carbocycles. The Labute approximate surface area is 273 Å². The lowest BCUT2D eigenvalue weighted by molar-refractivity contribution is -0.284. The molecule has 260 valence electrons. The van der Waals surface area contributed by atoms with Gasteiger partial charge in [-0.2, -0.15) is 0 Å². The minimum Gasteiger partial charge on any atom is -0.459 e. The van der Waals surface area contributed by atoms with Gasteiger partial charge in [0.05, 0.1) is 23.7 Å². The fourth-order valence-electron chi connectivity index (χ4n) is 12.3. The van der Waals surface area contributed by atoms with Crippen molar-refractivity contribution in [3.8, 4) is 0 Å². The van der Waals surface area contributed by atoms with Crippen LogP contribution in [0.3, 0.4) is 0 Å². The molecule has 19 atom stereocenters. The van der Waals surface area contributed by atoms with Crippen LogP contribution in [0.25, 0.3) is 0 Å².